The molecule has 7 nitrogen and oxygen atoms in total. The molecule has 3 rings (SSSR count). The van der Waals surface area contributed by atoms with Crippen LogP contribution in [-0.2, 0) is 16.0 Å². The number of benzene rings is 1. The maximum absolute atomic E-state index is 10.0. The molecule has 2 unspecified atom stereocenters. The Labute approximate surface area is 148 Å². The molecule has 0 bridgehead atoms. The van der Waals surface area contributed by atoms with Crippen LogP contribution in [0.5, 0.6) is 11.5 Å². The van der Waals surface area contributed by atoms with Crippen LogP contribution in [0, 0.1) is 0 Å². The molecule has 1 aromatic rings. The highest BCUT2D eigenvalue weighted by Crippen LogP contribution is 2.23. The van der Waals surface area contributed by atoms with Crippen molar-refractivity contribution < 1.29 is 19.3 Å². The molecule has 0 spiro atoms. The lowest BCUT2D eigenvalue weighted by Gasteiger charge is -2.37. The molecule has 138 valence electrons. The second-order valence-electron chi connectivity index (χ2n) is 6.30. The highest BCUT2D eigenvalue weighted by molar-refractivity contribution is 5.80. The standard InChI is InChI=1S/C18H27N3O4/c1-19-18(20-11-13-10-14(23-2)5-6-15(13)22)21-7-9-25-17(12-21)16-4-3-8-24-16/h5-6,10,16-17,22H,3-4,7-9,11-12H2,1-2H3,(H,19,20). The molecule has 25 heavy (non-hydrogen) atoms. The molecular weight excluding hydrogens is 322 g/mol. The summed E-state index contributed by atoms with van der Waals surface area (Å²) in [6.07, 6.45) is 2.43. The normalized spacial score (nSPS) is 24.4. The first-order chi connectivity index (χ1) is 12.2. The minimum absolute atomic E-state index is 0.0834. The van der Waals surface area contributed by atoms with Gasteiger partial charge in [-0.3, -0.25) is 4.99 Å². The molecule has 2 fully saturated rings. The number of aromatic hydroxyl groups is 1. The fourth-order valence-electron chi connectivity index (χ4n) is 3.33. The number of hydrogen-bond donors (Lipinski definition) is 2. The molecule has 0 amide bonds. The van der Waals surface area contributed by atoms with Gasteiger partial charge in [-0.15, -0.1) is 0 Å². The lowest BCUT2D eigenvalue weighted by atomic mass is 10.1. The summed E-state index contributed by atoms with van der Waals surface area (Å²) in [6, 6.07) is 5.20. The van der Waals surface area contributed by atoms with Crippen LogP contribution in [0.2, 0.25) is 0 Å². The fourth-order valence-corrected chi connectivity index (χ4v) is 3.33. The Morgan fingerprint density at radius 1 is 1.36 bits per heavy atom. The molecule has 2 saturated heterocycles. The molecule has 0 aliphatic carbocycles. The third-order valence-corrected chi connectivity index (χ3v) is 4.71. The maximum atomic E-state index is 10.0. The lowest BCUT2D eigenvalue weighted by Crippen LogP contribution is -2.53. The topological polar surface area (TPSA) is 75.6 Å². The van der Waals surface area contributed by atoms with Crippen molar-refractivity contribution in [1.82, 2.24) is 10.2 Å². The van der Waals surface area contributed by atoms with Gasteiger partial charge in [0.1, 0.15) is 17.6 Å². The van der Waals surface area contributed by atoms with E-state index in [0.717, 1.165) is 49.8 Å². The number of rotatable bonds is 4. The summed E-state index contributed by atoms with van der Waals surface area (Å²) in [5.41, 5.74) is 0.768. The van der Waals surface area contributed by atoms with E-state index in [-0.39, 0.29) is 18.0 Å². The van der Waals surface area contributed by atoms with E-state index in [1.54, 1.807) is 26.3 Å². The fraction of sp³-hybridized carbons (Fsp3) is 0.611. The van der Waals surface area contributed by atoms with Crippen molar-refractivity contribution in [1.29, 1.82) is 0 Å². The molecule has 2 heterocycles. The predicted molar refractivity (Wildman–Crippen MR) is 95.1 cm³/mol. The Morgan fingerprint density at radius 2 is 2.20 bits per heavy atom. The minimum atomic E-state index is 0.0834. The van der Waals surface area contributed by atoms with E-state index < -0.39 is 0 Å². The van der Waals surface area contributed by atoms with Gasteiger partial charge in [0.25, 0.3) is 0 Å². The van der Waals surface area contributed by atoms with Gasteiger partial charge < -0.3 is 29.5 Å². The van der Waals surface area contributed by atoms with Crippen molar-refractivity contribution in [2.75, 3.05) is 40.5 Å². The van der Waals surface area contributed by atoms with Gasteiger partial charge >= 0.3 is 0 Å². The first-order valence-corrected chi connectivity index (χ1v) is 8.76. The monoisotopic (exact) mass is 349 g/mol. The van der Waals surface area contributed by atoms with Crippen LogP contribution >= 0.6 is 0 Å². The first kappa shape index (κ1) is 17.8. The van der Waals surface area contributed by atoms with Crippen LogP contribution in [0.1, 0.15) is 18.4 Å². The third-order valence-electron chi connectivity index (χ3n) is 4.71. The molecule has 2 atom stereocenters. The maximum Gasteiger partial charge on any atom is 0.194 e. The van der Waals surface area contributed by atoms with Crippen molar-refractivity contribution in [2.45, 2.75) is 31.6 Å². The summed E-state index contributed by atoms with van der Waals surface area (Å²) in [5, 5.41) is 13.3. The van der Waals surface area contributed by atoms with Crippen LogP contribution in [0.4, 0.5) is 0 Å². The lowest BCUT2D eigenvalue weighted by molar-refractivity contribution is -0.0817. The molecule has 2 aliphatic rings. The van der Waals surface area contributed by atoms with Crippen molar-refractivity contribution in [3.63, 3.8) is 0 Å². The Balaban J connectivity index is 1.60. The minimum Gasteiger partial charge on any atom is -0.508 e. The van der Waals surface area contributed by atoms with Crippen molar-refractivity contribution in [3.05, 3.63) is 23.8 Å². The van der Waals surface area contributed by atoms with E-state index in [1.807, 2.05) is 6.07 Å². The Morgan fingerprint density at radius 3 is 2.92 bits per heavy atom. The number of nitrogens with one attached hydrogen (secondary N) is 1. The van der Waals surface area contributed by atoms with Gasteiger partial charge in [0.15, 0.2) is 5.96 Å². The third kappa shape index (κ3) is 4.35. The van der Waals surface area contributed by atoms with Crippen molar-refractivity contribution >= 4 is 5.96 Å². The molecule has 1 aromatic carbocycles. The van der Waals surface area contributed by atoms with Gasteiger partial charge in [-0.25, -0.2) is 0 Å². The second-order valence-corrected chi connectivity index (χ2v) is 6.30. The molecule has 2 aliphatic heterocycles. The highest BCUT2D eigenvalue weighted by Gasteiger charge is 2.32. The average Bonchev–Trinajstić information content (AvgIpc) is 3.19. The summed E-state index contributed by atoms with van der Waals surface area (Å²) in [4.78, 5) is 6.57. The number of phenols is 1. The molecule has 0 radical (unpaired) electrons. The number of morpholine rings is 1. The van der Waals surface area contributed by atoms with Gasteiger partial charge in [0.05, 0.1) is 19.8 Å². The summed E-state index contributed by atoms with van der Waals surface area (Å²) in [5.74, 6) is 1.76. The zero-order valence-corrected chi connectivity index (χ0v) is 14.9. The number of ether oxygens (including phenoxy) is 3. The van der Waals surface area contributed by atoms with Crippen molar-refractivity contribution in [2.24, 2.45) is 4.99 Å². The number of methoxy groups -OCH3 is 1. The van der Waals surface area contributed by atoms with Gasteiger partial charge in [-0.05, 0) is 31.0 Å². The summed E-state index contributed by atoms with van der Waals surface area (Å²) in [7, 11) is 3.38. The molecule has 7 heteroatoms. The van der Waals surface area contributed by atoms with Gasteiger partial charge in [0.2, 0.25) is 0 Å². The first-order valence-electron chi connectivity index (χ1n) is 8.76. The number of nitrogens with zero attached hydrogens (tertiary/aromatic N) is 2. The van der Waals surface area contributed by atoms with Crippen LogP contribution in [0.15, 0.2) is 23.2 Å². The van der Waals surface area contributed by atoms with E-state index in [0.29, 0.717) is 13.2 Å². The van der Waals surface area contributed by atoms with E-state index in [2.05, 4.69) is 15.2 Å². The van der Waals surface area contributed by atoms with E-state index in [9.17, 15) is 5.11 Å². The zero-order chi connectivity index (χ0) is 17.6. The van der Waals surface area contributed by atoms with Gasteiger partial charge in [-0.1, -0.05) is 0 Å². The highest BCUT2D eigenvalue weighted by atomic mass is 16.5. The Bertz CT molecular complexity index is 602. The van der Waals surface area contributed by atoms with Crippen molar-refractivity contribution in [3.8, 4) is 11.5 Å². The summed E-state index contributed by atoms with van der Waals surface area (Å²) >= 11 is 0. The number of guanidine groups is 1. The van der Waals surface area contributed by atoms with Crippen LogP contribution in [0.3, 0.4) is 0 Å². The van der Waals surface area contributed by atoms with Crippen LogP contribution < -0.4 is 10.1 Å². The van der Waals surface area contributed by atoms with Gasteiger partial charge in [0, 0.05) is 38.9 Å². The largest absolute Gasteiger partial charge is 0.508 e. The quantitative estimate of drug-likeness (QED) is 0.631. The number of hydrogen-bond acceptors (Lipinski definition) is 5. The second kappa shape index (κ2) is 8.40. The van der Waals surface area contributed by atoms with Crippen LogP contribution in [0.25, 0.3) is 0 Å². The SMILES string of the molecule is CN=C(NCc1cc(OC)ccc1O)N1CCOC(C2CCCO2)C1. The Kier molecular flexibility index (Phi) is 5.99. The Hall–Kier alpha value is -1.99. The molecule has 0 saturated carbocycles. The van der Waals surface area contributed by atoms with E-state index in [1.165, 1.54) is 0 Å². The van der Waals surface area contributed by atoms with Gasteiger partial charge in [-0.2, -0.15) is 0 Å². The van der Waals surface area contributed by atoms with E-state index in [4.69, 9.17) is 14.2 Å². The predicted octanol–water partition coefficient (Wildman–Crippen LogP) is 1.36. The summed E-state index contributed by atoms with van der Waals surface area (Å²) in [6.45, 7) is 3.50. The smallest absolute Gasteiger partial charge is 0.194 e. The van der Waals surface area contributed by atoms with E-state index >= 15 is 0 Å². The molecule has 2 N–H and O–H groups in total. The molecule has 0 aromatic heterocycles. The van der Waals surface area contributed by atoms with Crippen LogP contribution in [-0.4, -0.2) is 68.6 Å². The number of phenolic OH excluding ortho intramolecular Hbond substituents is 1. The summed E-state index contributed by atoms with van der Waals surface area (Å²) < 4.78 is 16.9. The number of aliphatic imine (C=N–C) groups is 1. The molecular formula is C18H27N3O4. The average molecular weight is 349 g/mol. The zero-order valence-electron chi connectivity index (χ0n) is 14.9.